The average molecular weight is 558 g/mol. The van der Waals surface area contributed by atoms with Gasteiger partial charge in [0.25, 0.3) is 11.5 Å². The fourth-order valence-corrected chi connectivity index (χ4v) is 4.23. The normalized spacial score (nSPS) is 13.9. The Morgan fingerprint density at radius 1 is 1.18 bits per heavy atom. The van der Waals surface area contributed by atoms with Crippen LogP contribution in [0.15, 0.2) is 47.3 Å². The lowest BCUT2D eigenvalue weighted by Crippen LogP contribution is -2.43. The fraction of sp³-hybridized carbons (Fsp3) is 0.357. The molecule has 1 aliphatic heterocycles. The molecular formula is C28H27F4N5O3. The van der Waals surface area contributed by atoms with Crippen molar-refractivity contribution < 1.29 is 27.2 Å². The van der Waals surface area contributed by atoms with Crippen LogP contribution in [0, 0.1) is 23.1 Å². The number of anilines is 1. The van der Waals surface area contributed by atoms with Gasteiger partial charge in [-0.05, 0) is 48.7 Å². The number of benzene rings is 2. The number of rotatable bonds is 7. The van der Waals surface area contributed by atoms with E-state index in [1.807, 2.05) is 19.9 Å². The van der Waals surface area contributed by atoms with Gasteiger partial charge in [0, 0.05) is 13.0 Å². The summed E-state index contributed by atoms with van der Waals surface area (Å²) in [6, 6.07) is 9.52. The number of aromatic nitrogens is 2. The number of amides is 1. The third-order valence-corrected chi connectivity index (χ3v) is 6.43. The number of nitrogens with one attached hydrogen (secondary N) is 1. The van der Waals surface area contributed by atoms with E-state index in [1.165, 1.54) is 29.2 Å². The lowest BCUT2D eigenvalue weighted by molar-refractivity contribution is -0.137. The Morgan fingerprint density at radius 2 is 1.88 bits per heavy atom. The van der Waals surface area contributed by atoms with Crippen LogP contribution >= 0.6 is 0 Å². The highest BCUT2D eigenvalue weighted by Gasteiger charge is 2.31. The van der Waals surface area contributed by atoms with E-state index in [4.69, 9.17) is 10.1 Å². The van der Waals surface area contributed by atoms with E-state index >= 15 is 0 Å². The number of nitriles is 1. The molecule has 1 atom stereocenters. The van der Waals surface area contributed by atoms with Crippen LogP contribution in [0.3, 0.4) is 0 Å². The van der Waals surface area contributed by atoms with Gasteiger partial charge in [-0.25, -0.2) is 9.37 Å². The van der Waals surface area contributed by atoms with Crippen LogP contribution in [0.2, 0.25) is 0 Å². The Labute approximate surface area is 227 Å². The summed E-state index contributed by atoms with van der Waals surface area (Å²) in [4.78, 5) is 38.3. The van der Waals surface area contributed by atoms with E-state index in [0.29, 0.717) is 11.3 Å². The maximum Gasteiger partial charge on any atom is 0.416 e. The molecule has 4 rings (SSSR count). The second kappa shape index (κ2) is 11.4. The number of carbonyl (C=O) groups excluding carboxylic acids is 1. The number of nitrogens with zero attached hydrogens (tertiary/aromatic N) is 4. The highest BCUT2D eigenvalue weighted by atomic mass is 19.4. The first-order valence-corrected chi connectivity index (χ1v) is 12.6. The molecule has 8 nitrogen and oxygen atoms in total. The average Bonchev–Trinajstić information content (AvgIpc) is 2.91. The molecule has 1 amide bonds. The predicted molar refractivity (Wildman–Crippen MR) is 138 cm³/mol. The lowest BCUT2D eigenvalue weighted by Gasteiger charge is -2.29. The minimum Gasteiger partial charge on any atom is -0.407 e. The number of halogens is 4. The van der Waals surface area contributed by atoms with Crippen molar-refractivity contribution in [2.45, 2.75) is 46.0 Å². The molecule has 0 saturated heterocycles. The van der Waals surface area contributed by atoms with Crippen LogP contribution in [0.5, 0.6) is 0 Å². The molecular weight excluding hydrogens is 530 g/mol. The first-order valence-electron chi connectivity index (χ1n) is 12.6. The largest absolute Gasteiger partial charge is 0.416 e. The molecule has 0 spiro atoms. The van der Waals surface area contributed by atoms with E-state index in [-0.39, 0.29) is 54.7 Å². The van der Waals surface area contributed by atoms with Crippen LogP contribution < -0.4 is 15.7 Å². The number of hydrogen-bond donors (Lipinski definition) is 1. The Balaban J connectivity index is 1.63. The number of fused-ring (bicyclic) bond motifs is 1. The Hall–Kier alpha value is -4.40. The Kier molecular flexibility index (Phi) is 8.13. The second-order valence-electron chi connectivity index (χ2n) is 9.92. The molecule has 0 radical (unpaired) electrons. The molecule has 3 aromatic rings. The molecule has 1 aliphatic rings. The third kappa shape index (κ3) is 6.09. The topological polar surface area (TPSA) is 100 Å². The quantitative estimate of drug-likeness (QED) is 0.422. The van der Waals surface area contributed by atoms with E-state index in [1.54, 1.807) is 6.92 Å². The summed E-state index contributed by atoms with van der Waals surface area (Å²) in [6.07, 6.45) is -4.25. The van der Waals surface area contributed by atoms with Gasteiger partial charge in [0.2, 0.25) is 5.95 Å². The third-order valence-electron chi connectivity index (χ3n) is 6.43. The maximum absolute atomic E-state index is 14.5. The molecule has 12 heteroatoms. The van der Waals surface area contributed by atoms with Gasteiger partial charge in [-0.2, -0.15) is 18.4 Å². The Morgan fingerprint density at radius 3 is 2.48 bits per heavy atom. The summed E-state index contributed by atoms with van der Waals surface area (Å²) < 4.78 is 54.4. The van der Waals surface area contributed by atoms with Gasteiger partial charge < -0.3 is 15.1 Å². The minimum absolute atomic E-state index is 0.0561. The zero-order chi connectivity index (χ0) is 29.2. The molecule has 1 aromatic heterocycles. The summed E-state index contributed by atoms with van der Waals surface area (Å²) in [5.74, 6) is -1.32. The van der Waals surface area contributed by atoms with Crippen LogP contribution in [0.1, 0.15) is 65.1 Å². The molecule has 0 bridgehead atoms. The monoisotopic (exact) mass is 557 g/mol. The van der Waals surface area contributed by atoms with Crippen molar-refractivity contribution in [2.24, 2.45) is 5.92 Å². The molecule has 2 heterocycles. The molecule has 0 saturated carbocycles. The molecule has 210 valence electrons. The van der Waals surface area contributed by atoms with Crippen molar-refractivity contribution in [2.75, 3.05) is 18.5 Å². The highest BCUT2D eigenvalue weighted by Crippen LogP contribution is 2.30. The maximum atomic E-state index is 14.5. The number of alkyl halides is 3. The molecule has 2 aromatic carbocycles. The van der Waals surface area contributed by atoms with Gasteiger partial charge in [0.1, 0.15) is 12.4 Å². The van der Waals surface area contributed by atoms with Crippen molar-refractivity contribution in [1.82, 2.24) is 14.6 Å². The zero-order valence-corrected chi connectivity index (χ0v) is 22.1. The van der Waals surface area contributed by atoms with E-state index in [2.05, 4.69) is 10.3 Å². The van der Waals surface area contributed by atoms with Crippen LogP contribution in [0.4, 0.5) is 23.5 Å². The lowest BCUT2D eigenvalue weighted by atomic mass is 10.0. The molecule has 0 fully saturated rings. The second-order valence-corrected chi connectivity index (χ2v) is 9.92. The van der Waals surface area contributed by atoms with E-state index in [0.717, 1.165) is 22.9 Å². The van der Waals surface area contributed by atoms with Crippen molar-refractivity contribution in [3.63, 3.8) is 0 Å². The summed E-state index contributed by atoms with van der Waals surface area (Å²) >= 11 is 0. The van der Waals surface area contributed by atoms with Crippen LogP contribution in [0.25, 0.3) is 0 Å². The predicted octanol–water partition coefficient (Wildman–Crippen LogP) is 4.73. The summed E-state index contributed by atoms with van der Waals surface area (Å²) in [7, 11) is 0. The standard InChI is InChI=1S/C28H27F4N5O3/c1-16(2)15-40-37-26(39)22-14-36(25(38)21-9-4-18(13-33)12-23(21)29)11-10-24(22)35-27(37)34-17(3)19-5-7-20(8-6-19)28(30,31)32/h4-9,12,16-17H,10-11,14-15H2,1-3H3,(H,34,35)/t17-/m0/s1. The van der Waals surface area contributed by atoms with Crippen molar-refractivity contribution >= 4 is 11.9 Å². The molecule has 40 heavy (non-hydrogen) atoms. The van der Waals surface area contributed by atoms with Gasteiger partial charge in [-0.1, -0.05) is 26.0 Å². The van der Waals surface area contributed by atoms with Crippen molar-refractivity contribution in [1.29, 1.82) is 5.26 Å². The minimum atomic E-state index is -4.46. The van der Waals surface area contributed by atoms with E-state index in [9.17, 15) is 27.2 Å². The SMILES string of the molecule is CC(C)COn1c(N[C@@H](C)c2ccc(C(F)(F)F)cc2)nc2c(c1=O)CN(C(=O)c1ccc(C#N)cc1F)CC2. The molecule has 0 aliphatic carbocycles. The van der Waals surface area contributed by atoms with Gasteiger partial charge in [-0.15, -0.1) is 4.73 Å². The number of carbonyl (C=O) groups is 1. The van der Waals surface area contributed by atoms with Crippen molar-refractivity contribution in [3.8, 4) is 6.07 Å². The van der Waals surface area contributed by atoms with Gasteiger partial charge in [0.05, 0.1) is 46.6 Å². The van der Waals surface area contributed by atoms with Gasteiger partial charge in [0.15, 0.2) is 0 Å². The molecule has 0 unspecified atom stereocenters. The summed E-state index contributed by atoms with van der Waals surface area (Å²) in [5.41, 5.74) is -0.269. The first-order chi connectivity index (χ1) is 18.9. The number of hydrogen-bond acceptors (Lipinski definition) is 6. The van der Waals surface area contributed by atoms with Gasteiger partial charge >= 0.3 is 6.18 Å². The fourth-order valence-electron chi connectivity index (χ4n) is 4.23. The van der Waals surface area contributed by atoms with Crippen LogP contribution in [-0.4, -0.2) is 33.7 Å². The smallest absolute Gasteiger partial charge is 0.407 e. The van der Waals surface area contributed by atoms with Crippen LogP contribution in [-0.2, 0) is 19.1 Å². The highest BCUT2D eigenvalue weighted by molar-refractivity contribution is 5.94. The zero-order valence-electron chi connectivity index (χ0n) is 22.1. The summed E-state index contributed by atoms with van der Waals surface area (Å²) in [5, 5.41) is 12.0. The first kappa shape index (κ1) is 28.6. The molecule has 1 N–H and O–H groups in total. The van der Waals surface area contributed by atoms with Crippen molar-refractivity contribution in [3.05, 3.63) is 92.1 Å². The van der Waals surface area contributed by atoms with Gasteiger partial charge in [-0.3, -0.25) is 9.59 Å². The van der Waals surface area contributed by atoms with E-state index < -0.39 is 35.1 Å². The summed E-state index contributed by atoms with van der Waals surface area (Å²) in [6.45, 7) is 5.71. The Bertz CT molecular complexity index is 1510.